The van der Waals surface area contributed by atoms with Crippen LogP contribution in [0.1, 0.15) is 21.6 Å². The molecule has 5 heteroatoms. The number of ether oxygens (including phenoxy) is 1. The molecule has 2 aromatic rings. The Morgan fingerprint density at radius 2 is 2.11 bits per heavy atom. The van der Waals surface area contributed by atoms with E-state index in [-0.39, 0.29) is 5.97 Å². The Balaban J connectivity index is 2.00. The van der Waals surface area contributed by atoms with Crippen molar-refractivity contribution in [3.63, 3.8) is 0 Å². The van der Waals surface area contributed by atoms with Gasteiger partial charge in [-0.15, -0.1) is 0 Å². The van der Waals surface area contributed by atoms with Gasteiger partial charge in [0.2, 0.25) is 0 Å². The molecule has 0 amide bonds. The quantitative estimate of drug-likeness (QED) is 0.827. The van der Waals surface area contributed by atoms with Crippen LogP contribution in [0.3, 0.4) is 0 Å². The second-order valence-corrected chi connectivity index (χ2v) is 4.20. The number of carbonyl (C=O) groups is 1. The van der Waals surface area contributed by atoms with Crippen LogP contribution in [0, 0.1) is 0 Å². The monoisotopic (exact) mass is 259 g/mol. The van der Waals surface area contributed by atoms with Crippen LogP contribution in [0.15, 0.2) is 36.5 Å². The number of nitrogens with zero attached hydrogens (tertiary/aromatic N) is 2. The van der Waals surface area contributed by atoms with E-state index >= 15 is 0 Å². The maximum absolute atomic E-state index is 11.6. The third kappa shape index (κ3) is 3.20. The maximum Gasteiger partial charge on any atom is 0.338 e. The molecule has 100 valence electrons. The predicted octanol–water partition coefficient (Wildman–Crippen LogP) is 1.50. The molecule has 0 atom stereocenters. The number of nitrogens with one attached hydrogen (secondary N) is 1. The highest BCUT2D eigenvalue weighted by Crippen LogP contribution is 2.10. The van der Waals surface area contributed by atoms with Gasteiger partial charge >= 0.3 is 5.97 Å². The van der Waals surface area contributed by atoms with Crippen LogP contribution in [0.2, 0.25) is 0 Å². The van der Waals surface area contributed by atoms with Crippen LogP contribution in [0.4, 0.5) is 0 Å². The normalized spacial score (nSPS) is 10.4. The zero-order valence-electron chi connectivity index (χ0n) is 11.1. The maximum atomic E-state index is 11.6. The van der Waals surface area contributed by atoms with E-state index in [0.717, 1.165) is 11.3 Å². The molecule has 19 heavy (non-hydrogen) atoms. The van der Waals surface area contributed by atoms with E-state index in [2.05, 4.69) is 10.4 Å². The van der Waals surface area contributed by atoms with Crippen LogP contribution in [-0.4, -0.2) is 22.9 Å². The average molecular weight is 259 g/mol. The molecule has 0 aliphatic heterocycles. The number of carbonyl (C=O) groups excluding carboxylic acids is 1. The van der Waals surface area contributed by atoms with E-state index in [9.17, 15) is 4.79 Å². The molecule has 0 aliphatic rings. The summed E-state index contributed by atoms with van der Waals surface area (Å²) in [6.07, 6.45) is 1.76. The van der Waals surface area contributed by atoms with Crippen molar-refractivity contribution in [1.82, 2.24) is 15.1 Å². The van der Waals surface area contributed by atoms with Crippen LogP contribution in [0.5, 0.6) is 0 Å². The fraction of sp³-hybridized carbons (Fsp3) is 0.286. The molecule has 0 aliphatic carbocycles. The van der Waals surface area contributed by atoms with E-state index in [1.54, 1.807) is 12.3 Å². The number of rotatable bonds is 5. The molecule has 1 N–H and O–H groups in total. The summed E-state index contributed by atoms with van der Waals surface area (Å²) < 4.78 is 6.59. The fourth-order valence-corrected chi connectivity index (χ4v) is 1.88. The second kappa shape index (κ2) is 6.15. The third-order valence-corrected chi connectivity index (χ3v) is 2.97. The Labute approximate surface area is 112 Å². The van der Waals surface area contributed by atoms with Gasteiger partial charge in [-0.05, 0) is 17.7 Å². The Kier molecular flexibility index (Phi) is 4.30. The van der Waals surface area contributed by atoms with Gasteiger partial charge < -0.3 is 10.1 Å². The van der Waals surface area contributed by atoms with E-state index < -0.39 is 0 Å². The van der Waals surface area contributed by atoms with E-state index in [4.69, 9.17) is 4.74 Å². The molecule has 5 nitrogen and oxygen atoms in total. The van der Waals surface area contributed by atoms with Gasteiger partial charge in [0.1, 0.15) is 0 Å². The highest BCUT2D eigenvalue weighted by Gasteiger charge is 2.10. The Morgan fingerprint density at radius 3 is 2.79 bits per heavy atom. The molecule has 2 rings (SSSR count). The summed E-state index contributed by atoms with van der Waals surface area (Å²) in [7, 11) is 3.29. The van der Waals surface area contributed by atoms with Gasteiger partial charge in [-0.3, -0.25) is 4.68 Å². The first-order valence-electron chi connectivity index (χ1n) is 6.06. The van der Waals surface area contributed by atoms with Crippen molar-refractivity contribution in [1.29, 1.82) is 0 Å². The van der Waals surface area contributed by atoms with Crippen molar-refractivity contribution in [2.24, 2.45) is 7.05 Å². The van der Waals surface area contributed by atoms with Crippen LogP contribution >= 0.6 is 0 Å². The molecule has 0 spiro atoms. The smallest absolute Gasteiger partial charge is 0.338 e. The molecule has 0 unspecified atom stereocenters. The molecule has 0 bridgehead atoms. The number of aromatic nitrogens is 2. The van der Waals surface area contributed by atoms with E-state index in [1.807, 2.05) is 36.0 Å². The molecule has 0 radical (unpaired) electrons. The molecule has 1 aromatic carbocycles. The molecule has 1 aromatic heterocycles. The minimum Gasteiger partial charge on any atom is -0.465 e. The topological polar surface area (TPSA) is 56.1 Å². The first kappa shape index (κ1) is 13.3. The van der Waals surface area contributed by atoms with Crippen molar-refractivity contribution in [2.75, 3.05) is 7.11 Å². The van der Waals surface area contributed by atoms with Crippen LogP contribution in [-0.2, 0) is 24.9 Å². The van der Waals surface area contributed by atoms with Crippen molar-refractivity contribution in [3.05, 3.63) is 53.3 Å². The number of hydrogen-bond donors (Lipinski definition) is 1. The SMILES string of the molecule is COC(=O)c1ccccc1CNCc1ccnn1C. The highest BCUT2D eigenvalue weighted by molar-refractivity contribution is 5.90. The van der Waals surface area contributed by atoms with Crippen molar-refractivity contribution < 1.29 is 9.53 Å². The third-order valence-electron chi connectivity index (χ3n) is 2.97. The lowest BCUT2D eigenvalue weighted by atomic mass is 10.1. The van der Waals surface area contributed by atoms with Gasteiger partial charge in [-0.25, -0.2) is 4.79 Å². The number of benzene rings is 1. The largest absolute Gasteiger partial charge is 0.465 e. The zero-order valence-corrected chi connectivity index (χ0v) is 11.1. The lowest BCUT2D eigenvalue weighted by Crippen LogP contribution is -2.17. The highest BCUT2D eigenvalue weighted by atomic mass is 16.5. The van der Waals surface area contributed by atoms with E-state index in [1.165, 1.54) is 7.11 Å². The molecule has 0 saturated heterocycles. The molecular weight excluding hydrogens is 242 g/mol. The van der Waals surface area contributed by atoms with Gasteiger partial charge in [-0.1, -0.05) is 18.2 Å². The van der Waals surface area contributed by atoms with Crippen LogP contribution in [0.25, 0.3) is 0 Å². The lowest BCUT2D eigenvalue weighted by Gasteiger charge is -2.09. The Morgan fingerprint density at radius 1 is 1.32 bits per heavy atom. The van der Waals surface area contributed by atoms with Gasteiger partial charge in [-0.2, -0.15) is 5.10 Å². The summed E-state index contributed by atoms with van der Waals surface area (Å²) in [5, 5.41) is 7.40. The Hall–Kier alpha value is -2.14. The lowest BCUT2D eigenvalue weighted by molar-refractivity contribution is 0.0599. The number of aryl methyl sites for hydroxylation is 1. The molecule has 0 fully saturated rings. The standard InChI is InChI=1S/C14H17N3O2/c1-17-12(7-8-16-17)10-15-9-11-5-3-4-6-13(11)14(18)19-2/h3-8,15H,9-10H2,1-2H3. The van der Waals surface area contributed by atoms with Crippen molar-refractivity contribution in [2.45, 2.75) is 13.1 Å². The van der Waals surface area contributed by atoms with Crippen molar-refractivity contribution in [3.8, 4) is 0 Å². The zero-order chi connectivity index (χ0) is 13.7. The first-order valence-corrected chi connectivity index (χ1v) is 6.06. The van der Waals surface area contributed by atoms with Gasteiger partial charge in [0.05, 0.1) is 18.4 Å². The van der Waals surface area contributed by atoms with Gasteiger partial charge in [0.15, 0.2) is 0 Å². The minimum absolute atomic E-state index is 0.307. The summed E-state index contributed by atoms with van der Waals surface area (Å²) in [6.45, 7) is 1.31. The number of hydrogen-bond acceptors (Lipinski definition) is 4. The van der Waals surface area contributed by atoms with E-state index in [0.29, 0.717) is 18.7 Å². The average Bonchev–Trinajstić information content (AvgIpc) is 2.84. The summed E-state index contributed by atoms with van der Waals surface area (Å²) in [5.74, 6) is -0.307. The summed E-state index contributed by atoms with van der Waals surface area (Å²) >= 11 is 0. The van der Waals surface area contributed by atoms with Gasteiger partial charge in [0.25, 0.3) is 0 Å². The summed E-state index contributed by atoms with van der Waals surface area (Å²) in [6, 6.07) is 9.39. The molecule has 0 saturated carbocycles. The Bertz CT molecular complexity index is 563. The molecular formula is C14H17N3O2. The summed E-state index contributed by atoms with van der Waals surface area (Å²) in [4.78, 5) is 11.6. The summed E-state index contributed by atoms with van der Waals surface area (Å²) in [5.41, 5.74) is 2.62. The fourth-order valence-electron chi connectivity index (χ4n) is 1.88. The minimum atomic E-state index is -0.307. The van der Waals surface area contributed by atoms with Crippen molar-refractivity contribution >= 4 is 5.97 Å². The predicted molar refractivity (Wildman–Crippen MR) is 71.5 cm³/mol. The second-order valence-electron chi connectivity index (χ2n) is 4.20. The number of esters is 1. The van der Waals surface area contributed by atoms with Crippen LogP contribution < -0.4 is 5.32 Å². The molecule has 1 heterocycles. The van der Waals surface area contributed by atoms with Gasteiger partial charge in [0, 0.05) is 26.3 Å². The first-order chi connectivity index (χ1) is 9.22. The number of methoxy groups -OCH3 is 1.